The fourth-order valence-electron chi connectivity index (χ4n) is 2.86. The van der Waals surface area contributed by atoms with Gasteiger partial charge in [-0.05, 0) is 52.1 Å². The Kier molecular flexibility index (Phi) is 4.30. The summed E-state index contributed by atoms with van der Waals surface area (Å²) in [7, 11) is 0. The average Bonchev–Trinajstić information content (AvgIpc) is 2.69. The van der Waals surface area contributed by atoms with Crippen LogP contribution in [-0.4, -0.2) is 18.5 Å². The van der Waals surface area contributed by atoms with E-state index in [1.807, 2.05) is 26.8 Å². The number of furan rings is 1. The van der Waals surface area contributed by atoms with E-state index >= 15 is 0 Å². The molecule has 106 valence electrons. The van der Waals surface area contributed by atoms with Crippen molar-refractivity contribution in [1.29, 1.82) is 0 Å². The molecule has 1 amide bonds. The van der Waals surface area contributed by atoms with Crippen LogP contribution in [0.1, 0.15) is 49.8 Å². The molecule has 1 fully saturated rings. The fraction of sp³-hybridized carbons (Fsp3) is 0.667. The summed E-state index contributed by atoms with van der Waals surface area (Å²) < 4.78 is 5.52. The molecule has 2 N–H and O–H groups in total. The second-order valence-corrected chi connectivity index (χ2v) is 5.65. The third kappa shape index (κ3) is 3.18. The molecule has 1 aliphatic rings. The maximum Gasteiger partial charge on any atom is 0.237 e. The SMILES string of the molecule is Cc1cc(C(C)NC(=O)C2NCCCC2C)c(C)o1. The first-order valence-electron chi connectivity index (χ1n) is 7.09. The number of rotatable bonds is 3. The van der Waals surface area contributed by atoms with Crippen LogP contribution in [0.25, 0.3) is 0 Å². The van der Waals surface area contributed by atoms with Gasteiger partial charge in [-0.15, -0.1) is 0 Å². The lowest BCUT2D eigenvalue weighted by Gasteiger charge is -2.30. The Labute approximate surface area is 114 Å². The number of carbonyl (C=O) groups excluding carboxylic acids is 1. The zero-order chi connectivity index (χ0) is 14.0. The Morgan fingerprint density at radius 1 is 1.53 bits per heavy atom. The van der Waals surface area contributed by atoms with Gasteiger partial charge in [0, 0.05) is 5.56 Å². The van der Waals surface area contributed by atoms with Crippen molar-refractivity contribution in [3.63, 3.8) is 0 Å². The predicted octanol–water partition coefficient (Wildman–Crippen LogP) is 2.46. The number of piperidine rings is 1. The van der Waals surface area contributed by atoms with Crippen molar-refractivity contribution in [3.8, 4) is 0 Å². The molecule has 0 radical (unpaired) electrons. The normalized spacial score (nSPS) is 25.1. The van der Waals surface area contributed by atoms with E-state index in [2.05, 4.69) is 17.6 Å². The van der Waals surface area contributed by atoms with Gasteiger partial charge in [0.15, 0.2) is 0 Å². The second kappa shape index (κ2) is 5.78. The first-order chi connectivity index (χ1) is 8.99. The maximum absolute atomic E-state index is 12.3. The number of carbonyl (C=O) groups is 1. The van der Waals surface area contributed by atoms with Crippen LogP contribution in [0.2, 0.25) is 0 Å². The Morgan fingerprint density at radius 3 is 2.84 bits per heavy atom. The van der Waals surface area contributed by atoms with E-state index < -0.39 is 0 Å². The molecule has 4 heteroatoms. The summed E-state index contributed by atoms with van der Waals surface area (Å²) in [5.41, 5.74) is 1.06. The molecule has 0 saturated carbocycles. The van der Waals surface area contributed by atoms with Gasteiger partial charge >= 0.3 is 0 Å². The zero-order valence-electron chi connectivity index (χ0n) is 12.2. The number of amides is 1. The molecule has 0 bridgehead atoms. The highest BCUT2D eigenvalue weighted by molar-refractivity contribution is 5.82. The molecule has 0 aliphatic carbocycles. The van der Waals surface area contributed by atoms with Crippen LogP contribution in [0.15, 0.2) is 10.5 Å². The first kappa shape index (κ1) is 14.1. The van der Waals surface area contributed by atoms with Crippen LogP contribution < -0.4 is 10.6 Å². The van der Waals surface area contributed by atoms with Crippen molar-refractivity contribution < 1.29 is 9.21 Å². The molecule has 1 saturated heterocycles. The van der Waals surface area contributed by atoms with Crippen molar-refractivity contribution >= 4 is 5.91 Å². The molecule has 1 aromatic rings. The highest BCUT2D eigenvalue weighted by Crippen LogP contribution is 2.22. The molecule has 1 aliphatic heterocycles. The summed E-state index contributed by atoms with van der Waals surface area (Å²) >= 11 is 0. The molecule has 0 aromatic carbocycles. The molecular formula is C15H24N2O2. The first-order valence-corrected chi connectivity index (χ1v) is 7.09. The molecule has 3 unspecified atom stereocenters. The molecule has 2 rings (SSSR count). The minimum Gasteiger partial charge on any atom is -0.466 e. The largest absolute Gasteiger partial charge is 0.466 e. The van der Waals surface area contributed by atoms with Gasteiger partial charge in [-0.25, -0.2) is 0 Å². The third-order valence-corrected chi connectivity index (χ3v) is 3.96. The lowest BCUT2D eigenvalue weighted by atomic mass is 9.92. The van der Waals surface area contributed by atoms with Crippen LogP contribution >= 0.6 is 0 Å². The van der Waals surface area contributed by atoms with E-state index in [9.17, 15) is 4.79 Å². The van der Waals surface area contributed by atoms with Crippen LogP contribution in [0.5, 0.6) is 0 Å². The van der Waals surface area contributed by atoms with E-state index in [1.165, 1.54) is 0 Å². The van der Waals surface area contributed by atoms with E-state index in [0.29, 0.717) is 5.92 Å². The van der Waals surface area contributed by atoms with Gasteiger partial charge in [-0.1, -0.05) is 6.92 Å². The smallest absolute Gasteiger partial charge is 0.237 e. The van der Waals surface area contributed by atoms with Crippen molar-refractivity contribution in [2.24, 2.45) is 5.92 Å². The van der Waals surface area contributed by atoms with Gasteiger partial charge in [-0.2, -0.15) is 0 Å². The lowest BCUT2D eigenvalue weighted by molar-refractivity contribution is -0.125. The summed E-state index contributed by atoms with van der Waals surface area (Å²) in [6, 6.07) is 1.92. The van der Waals surface area contributed by atoms with Crippen molar-refractivity contribution in [1.82, 2.24) is 10.6 Å². The Hall–Kier alpha value is -1.29. The summed E-state index contributed by atoms with van der Waals surface area (Å²) in [5, 5.41) is 6.40. The van der Waals surface area contributed by atoms with Gasteiger partial charge in [-0.3, -0.25) is 4.79 Å². The molecular weight excluding hydrogens is 240 g/mol. The van der Waals surface area contributed by atoms with E-state index in [4.69, 9.17) is 4.42 Å². The summed E-state index contributed by atoms with van der Waals surface area (Å²) in [6.07, 6.45) is 2.27. The quantitative estimate of drug-likeness (QED) is 0.881. The van der Waals surface area contributed by atoms with Crippen molar-refractivity contribution in [3.05, 3.63) is 23.2 Å². The highest BCUT2D eigenvalue weighted by atomic mass is 16.3. The Balaban J connectivity index is 2.00. The lowest BCUT2D eigenvalue weighted by Crippen LogP contribution is -2.51. The molecule has 1 aromatic heterocycles. The van der Waals surface area contributed by atoms with Gasteiger partial charge in [0.2, 0.25) is 5.91 Å². The topological polar surface area (TPSA) is 54.3 Å². The molecule has 19 heavy (non-hydrogen) atoms. The molecule has 2 heterocycles. The second-order valence-electron chi connectivity index (χ2n) is 5.65. The number of nitrogens with one attached hydrogen (secondary N) is 2. The van der Waals surface area contributed by atoms with Gasteiger partial charge in [0.1, 0.15) is 11.5 Å². The predicted molar refractivity (Wildman–Crippen MR) is 74.9 cm³/mol. The van der Waals surface area contributed by atoms with Crippen LogP contribution in [0.3, 0.4) is 0 Å². The van der Waals surface area contributed by atoms with E-state index in [-0.39, 0.29) is 18.0 Å². The van der Waals surface area contributed by atoms with Gasteiger partial charge in [0.25, 0.3) is 0 Å². The summed E-state index contributed by atoms with van der Waals surface area (Å²) in [4.78, 5) is 12.3. The summed E-state index contributed by atoms with van der Waals surface area (Å²) in [6.45, 7) is 8.93. The Morgan fingerprint density at radius 2 is 2.26 bits per heavy atom. The Bertz CT molecular complexity index is 453. The minimum atomic E-state index is -0.0653. The van der Waals surface area contributed by atoms with Crippen LogP contribution in [-0.2, 0) is 4.79 Å². The average molecular weight is 264 g/mol. The third-order valence-electron chi connectivity index (χ3n) is 3.96. The molecule has 0 spiro atoms. The van der Waals surface area contributed by atoms with E-state index in [1.54, 1.807) is 0 Å². The highest BCUT2D eigenvalue weighted by Gasteiger charge is 2.28. The van der Waals surface area contributed by atoms with E-state index in [0.717, 1.165) is 36.5 Å². The fourth-order valence-corrected chi connectivity index (χ4v) is 2.86. The number of hydrogen-bond donors (Lipinski definition) is 2. The summed E-state index contributed by atoms with van der Waals surface area (Å²) in [5.74, 6) is 2.26. The zero-order valence-corrected chi connectivity index (χ0v) is 12.2. The monoisotopic (exact) mass is 264 g/mol. The van der Waals surface area contributed by atoms with Crippen molar-refractivity contribution in [2.45, 2.75) is 52.6 Å². The van der Waals surface area contributed by atoms with Gasteiger partial charge in [0.05, 0.1) is 12.1 Å². The molecule has 3 atom stereocenters. The van der Waals surface area contributed by atoms with Crippen molar-refractivity contribution in [2.75, 3.05) is 6.54 Å². The maximum atomic E-state index is 12.3. The number of aryl methyl sites for hydroxylation is 2. The van der Waals surface area contributed by atoms with Crippen LogP contribution in [0, 0.1) is 19.8 Å². The standard InChI is InChI=1S/C15H24N2O2/c1-9-6-5-7-16-14(9)15(18)17-11(3)13-8-10(2)19-12(13)4/h8-9,11,14,16H,5-7H2,1-4H3,(H,17,18). The molecule has 4 nitrogen and oxygen atoms in total. The number of hydrogen-bond acceptors (Lipinski definition) is 3. The minimum absolute atomic E-state index is 0.0131. The van der Waals surface area contributed by atoms with Gasteiger partial charge < -0.3 is 15.1 Å². The van der Waals surface area contributed by atoms with Crippen LogP contribution in [0.4, 0.5) is 0 Å².